The molecule has 0 aliphatic rings. The SMILES string of the molecule is NC(c1cnc2ccccc2c1)c1cc(Br)cs1. The van der Waals surface area contributed by atoms with E-state index in [0.29, 0.717) is 0 Å². The number of thiophene rings is 1. The fourth-order valence-corrected chi connectivity index (χ4v) is 3.39. The summed E-state index contributed by atoms with van der Waals surface area (Å²) >= 11 is 5.11. The van der Waals surface area contributed by atoms with Crippen LogP contribution in [0.4, 0.5) is 0 Å². The molecule has 1 unspecified atom stereocenters. The van der Waals surface area contributed by atoms with Crippen molar-refractivity contribution in [2.24, 2.45) is 5.73 Å². The average molecular weight is 319 g/mol. The third-order valence-corrected chi connectivity index (χ3v) is 4.64. The number of fused-ring (bicyclic) bond motifs is 1. The minimum atomic E-state index is -0.113. The number of aromatic nitrogens is 1. The lowest BCUT2D eigenvalue weighted by atomic mass is 10.1. The van der Waals surface area contributed by atoms with E-state index in [4.69, 9.17) is 5.73 Å². The zero-order valence-electron chi connectivity index (χ0n) is 9.51. The summed E-state index contributed by atoms with van der Waals surface area (Å²) in [7, 11) is 0. The van der Waals surface area contributed by atoms with Crippen LogP contribution in [0.5, 0.6) is 0 Å². The second kappa shape index (κ2) is 4.80. The second-order valence-electron chi connectivity index (χ2n) is 4.11. The normalized spacial score (nSPS) is 12.8. The van der Waals surface area contributed by atoms with Crippen molar-refractivity contribution in [3.8, 4) is 0 Å². The smallest absolute Gasteiger partial charge is 0.0702 e. The molecule has 1 aromatic carbocycles. The molecule has 0 aliphatic heterocycles. The van der Waals surface area contributed by atoms with Crippen molar-refractivity contribution in [3.05, 3.63) is 62.9 Å². The van der Waals surface area contributed by atoms with E-state index in [9.17, 15) is 0 Å². The number of nitrogens with zero attached hydrogens (tertiary/aromatic N) is 1. The summed E-state index contributed by atoms with van der Waals surface area (Å²) in [6.45, 7) is 0. The first-order chi connectivity index (χ1) is 8.74. The molecule has 2 nitrogen and oxygen atoms in total. The van der Waals surface area contributed by atoms with Crippen LogP contribution in [0.2, 0.25) is 0 Å². The molecule has 0 fully saturated rings. The van der Waals surface area contributed by atoms with Crippen LogP contribution in [0.3, 0.4) is 0 Å². The average Bonchev–Trinajstić information content (AvgIpc) is 2.84. The van der Waals surface area contributed by atoms with Crippen LogP contribution in [0.1, 0.15) is 16.5 Å². The van der Waals surface area contributed by atoms with Crippen molar-refractivity contribution >= 4 is 38.2 Å². The van der Waals surface area contributed by atoms with E-state index in [2.05, 4.69) is 39.1 Å². The molecule has 3 aromatic rings. The number of rotatable bonds is 2. The molecule has 0 bridgehead atoms. The first-order valence-corrected chi connectivity index (χ1v) is 7.25. The van der Waals surface area contributed by atoms with Crippen LogP contribution in [-0.2, 0) is 0 Å². The Morgan fingerprint density at radius 3 is 2.83 bits per heavy atom. The molecule has 2 heterocycles. The van der Waals surface area contributed by atoms with E-state index in [1.165, 1.54) is 0 Å². The topological polar surface area (TPSA) is 38.9 Å². The maximum atomic E-state index is 6.27. The van der Waals surface area contributed by atoms with Gasteiger partial charge in [0.05, 0.1) is 11.6 Å². The van der Waals surface area contributed by atoms with Gasteiger partial charge in [-0.2, -0.15) is 0 Å². The van der Waals surface area contributed by atoms with E-state index in [0.717, 1.165) is 25.8 Å². The van der Waals surface area contributed by atoms with Crippen molar-refractivity contribution in [1.82, 2.24) is 4.98 Å². The van der Waals surface area contributed by atoms with Crippen molar-refractivity contribution in [2.45, 2.75) is 6.04 Å². The molecule has 0 aliphatic carbocycles. The molecular formula is C14H11BrN2S. The zero-order valence-corrected chi connectivity index (χ0v) is 11.9. The van der Waals surface area contributed by atoms with E-state index in [1.54, 1.807) is 11.3 Å². The van der Waals surface area contributed by atoms with Gasteiger partial charge in [0.25, 0.3) is 0 Å². The van der Waals surface area contributed by atoms with Crippen molar-refractivity contribution in [2.75, 3.05) is 0 Å². The summed E-state index contributed by atoms with van der Waals surface area (Å²) in [4.78, 5) is 5.59. The highest BCUT2D eigenvalue weighted by molar-refractivity contribution is 9.10. The van der Waals surface area contributed by atoms with Crippen molar-refractivity contribution in [1.29, 1.82) is 0 Å². The largest absolute Gasteiger partial charge is 0.320 e. The fourth-order valence-electron chi connectivity index (χ4n) is 1.91. The van der Waals surface area contributed by atoms with Crippen LogP contribution in [-0.4, -0.2) is 4.98 Å². The Balaban J connectivity index is 2.03. The van der Waals surface area contributed by atoms with Gasteiger partial charge in [-0.3, -0.25) is 4.98 Å². The molecule has 0 radical (unpaired) electrons. The summed E-state index contributed by atoms with van der Waals surface area (Å²) in [5, 5.41) is 3.17. The summed E-state index contributed by atoms with van der Waals surface area (Å²) in [5.41, 5.74) is 8.32. The highest BCUT2D eigenvalue weighted by Crippen LogP contribution is 2.29. The lowest BCUT2D eigenvalue weighted by molar-refractivity contribution is 0.888. The van der Waals surface area contributed by atoms with E-state index in [-0.39, 0.29) is 6.04 Å². The van der Waals surface area contributed by atoms with E-state index in [1.807, 2.05) is 29.8 Å². The first-order valence-electron chi connectivity index (χ1n) is 5.58. The number of para-hydroxylation sites is 1. The third kappa shape index (κ3) is 2.19. The van der Waals surface area contributed by atoms with Gasteiger partial charge in [-0.25, -0.2) is 0 Å². The quantitative estimate of drug-likeness (QED) is 0.772. The first kappa shape index (κ1) is 11.8. The van der Waals surface area contributed by atoms with Gasteiger partial charge in [-0.05, 0) is 39.7 Å². The van der Waals surface area contributed by atoms with E-state index < -0.39 is 0 Å². The molecule has 0 spiro atoms. The number of nitrogens with two attached hydrogens (primary N) is 1. The van der Waals surface area contributed by atoms with E-state index >= 15 is 0 Å². The summed E-state index contributed by atoms with van der Waals surface area (Å²) in [5.74, 6) is 0. The van der Waals surface area contributed by atoms with Gasteiger partial charge in [0.15, 0.2) is 0 Å². The van der Waals surface area contributed by atoms with Crippen LogP contribution in [0.25, 0.3) is 10.9 Å². The van der Waals surface area contributed by atoms with Crippen LogP contribution >= 0.6 is 27.3 Å². The molecule has 3 rings (SSSR count). The highest BCUT2D eigenvalue weighted by Gasteiger charge is 2.12. The van der Waals surface area contributed by atoms with Gasteiger partial charge in [0.2, 0.25) is 0 Å². The van der Waals surface area contributed by atoms with Gasteiger partial charge < -0.3 is 5.73 Å². The number of pyridine rings is 1. The molecule has 18 heavy (non-hydrogen) atoms. The van der Waals surface area contributed by atoms with Gasteiger partial charge in [0.1, 0.15) is 0 Å². The highest BCUT2D eigenvalue weighted by atomic mass is 79.9. The molecule has 2 N–H and O–H groups in total. The Kier molecular flexibility index (Phi) is 3.16. The maximum Gasteiger partial charge on any atom is 0.0702 e. The standard InChI is InChI=1S/C14H11BrN2S/c15-11-6-13(18-8-11)14(16)10-5-9-3-1-2-4-12(9)17-7-10/h1-8,14H,16H2. The summed E-state index contributed by atoms with van der Waals surface area (Å²) in [6.07, 6.45) is 1.86. The lowest BCUT2D eigenvalue weighted by Gasteiger charge is -2.10. The van der Waals surface area contributed by atoms with Gasteiger partial charge in [-0.1, -0.05) is 18.2 Å². The predicted molar refractivity (Wildman–Crippen MR) is 79.8 cm³/mol. The zero-order chi connectivity index (χ0) is 12.5. The number of halogens is 1. The number of hydrogen-bond donors (Lipinski definition) is 1. The van der Waals surface area contributed by atoms with Gasteiger partial charge >= 0.3 is 0 Å². The maximum absolute atomic E-state index is 6.27. The Bertz CT molecular complexity index is 693. The minimum absolute atomic E-state index is 0.113. The molecule has 2 aromatic heterocycles. The molecule has 0 amide bonds. The molecule has 0 saturated carbocycles. The van der Waals surface area contributed by atoms with Crippen LogP contribution in [0.15, 0.2) is 52.4 Å². The Labute approximate surface area is 118 Å². The Morgan fingerprint density at radius 1 is 1.22 bits per heavy atom. The molecule has 1 atom stereocenters. The monoisotopic (exact) mass is 318 g/mol. The molecule has 4 heteroatoms. The van der Waals surface area contributed by atoms with Crippen molar-refractivity contribution in [3.63, 3.8) is 0 Å². The van der Waals surface area contributed by atoms with Crippen LogP contribution in [0, 0.1) is 0 Å². The Morgan fingerprint density at radius 2 is 2.06 bits per heavy atom. The Hall–Kier alpha value is -1.23. The minimum Gasteiger partial charge on any atom is -0.320 e. The summed E-state index contributed by atoms with van der Waals surface area (Å²) in [6, 6.07) is 12.1. The summed E-state index contributed by atoms with van der Waals surface area (Å²) < 4.78 is 1.08. The third-order valence-electron chi connectivity index (χ3n) is 2.87. The molecule has 0 saturated heterocycles. The lowest BCUT2D eigenvalue weighted by Crippen LogP contribution is -2.10. The molecular weight excluding hydrogens is 308 g/mol. The number of hydrogen-bond acceptors (Lipinski definition) is 3. The van der Waals surface area contributed by atoms with Crippen molar-refractivity contribution < 1.29 is 0 Å². The van der Waals surface area contributed by atoms with Crippen LogP contribution < -0.4 is 5.73 Å². The fraction of sp³-hybridized carbons (Fsp3) is 0.0714. The van der Waals surface area contributed by atoms with Gasteiger partial charge in [-0.15, -0.1) is 11.3 Å². The molecule has 90 valence electrons. The number of benzene rings is 1. The van der Waals surface area contributed by atoms with Gasteiger partial charge in [0, 0.05) is 26.3 Å². The second-order valence-corrected chi connectivity index (χ2v) is 5.96. The predicted octanol–water partition coefficient (Wildman–Crippen LogP) is 4.11.